The number of rotatable bonds is 4. The van der Waals surface area contributed by atoms with Gasteiger partial charge >= 0.3 is 12.3 Å². The van der Waals surface area contributed by atoms with Crippen LogP contribution >= 0.6 is 0 Å². The van der Waals surface area contributed by atoms with E-state index in [1.54, 1.807) is 0 Å². The van der Waals surface area contributed by atoms with E-state index in [-0.39, 0.29) is 12.8 Å². The van der Waals surface area contributed by atoms with E-state index in [9.17, 15) is 18.0 Å². The molecule has 3 nitrogen and oxygen atoms in total. The predicted octanol–water partition coefficient (Wildman–Crippen LogP) is 1.39. The van der Waals surface area contributed by atoms with Crippen LogP contribution in [0.2, 0.25) is 0 Å². The van der Waals surface area contributed by atoms with Crippen LogP contribution in [0.4, 0.5) is 13.2 Å². The molecule has 0 rings (SSSR count). The van der Waals surface area contributed by atoms with E-state index in [1.807, 2.05) is 0 Å². The lowest BCUT2D eigenvalue weighted by Crippen LogP contribution is -2.14. The maximum absolute atomic E-state index is 11.2. The van der Waals surface area contributed by atoms with Gasteiger partial charge in [-0.2, -0.15) is 0 Å². The van der Waals surface area contributed by atoms with E-state index in [0.717, 1.165) is 0 Å². The van der Waals surface area contributed by atoms with Crippen LogP contribution in [0, 0.1) is 0 Å². The Morgan fingerprint density at radius 3 is 2.36 bits per heavy atom. The van der Waals surface area contributed by atoms with Crippen LogP contribution in [0.15, 0.2) is 0 Å². The van der Waals surface area contributed by atoms with Gasteiger partial charge in [0.15, 0.2) is 0 Å². The van der Waals surface area contributed by atoms with Crippen LogP contribution in [0.3, 0.4) is 0 Å². The highest BCUT2D eigenvalue weighted by Gasteiger charge is 2.28. The van der Waals surface area contributed by atoms with E-state index < -0.39 is 18.9 Å². The summed E-state index contributed by atoms with van der Waals surface area (Å²) >= 11 is 0. The van der Waals surface area contributed by atoms with E-state index in [1.165, 1.54) is 0 Å². The lowest BCUT2D eigenvalue weighted by Gasteiger charge is -2.05. The van der Waals surface area contributed by atoms with Crippen LogP contribution < -0.4 is 0 Å². The van der Waals surface area contributed by atoms with Crippen LogP contribution in [-0.2, 0) is 9.53 Å². The molecule has 0 aliphatic carbocycles. The number of carboxylic acids is 1. The van der Waals surface area contributed by atoms with Gasteiger partial charge in [-0.15, -0.1) is 13.2 Å². The largest absolute Gasteiger partial charge is 0.522 e. The van der Waals surface area contributed by atoms with Crippen LogP contribution in [0.1, 0.15) is 12.8 Å². The maximum atomic E-state index is 11.2. The summed E-state index contributed by atoms with van der Waals surface area (Å²) in [6, 6.07) is 0. The first-order valence-electron chi connectivity index (χ1n) is 2.84. The monoisotopic (exact) mass is 172 g/mol. The van der Waals surface area contributed by atoms with Gasteiger partial charge in [-0.25, -0.2) is 0 Å². The second-order valence-electron chi connectivity index (χ2n) is 1.79. The van der Waals surface area contributed by atoms with Crippen molar-refractivity contribution < 1.29 is 27.8 Å². The summed E-state index contributed by atoms with van der Waals surface area (Å²) in [6.45, 7) is -0.601. The summed E-state index contributed by atoms with van der Waals surface area (Å²) in [5.74, 6) is -1.13. The highest BCUT2D eigenvalue weighted by molar-refractivity contribution is 5.66. The Morgan fingerprint density at radius 1 is 1.45 bits per heavy atom. The summed E-state index contributed by atoms with van der Waals surface area (Å²) < 4.78 is 36.9. The average Bonchev–Trinajstić information content (AvgIpc) is 1.78. The molecular weight excluding hydrogens is 165 g/mol. The van der Waals surface area contributed by atoms with Gasteiger partial charge < -0.3 is 5.11 Å². The minimum Gasteiger partial charge on any atom is -0.481 e. The molecule has 11 heavy (non-hydrogen) atoms. The maximum Gasteiger partial charge on any atom is 0.522 e. The summed E-state index contributed by atoms with van der Waals surface area (Å²) in [5, 5.41) is 8.01. The average molecular weight is 172 g/mol. The second kappa shape index (κ2) is 4.17. The molecule has 0 aliphatic rings. The molecule has 0 radical (unpaired) electrons. The van der Waals surface area contributed by atoms with Gasteiger partial charge in [-0.3, -0.25) is 9.53 Å². The Morgan fingerprint density at radius 2 is 2.00 bits per heavy atom. The molecule has 0 unspecified atom stereocenters. The van der Waals surface area contributed by atoms with E-state index in [0.29, 0.717) is 0 Å². The molecule has 66 valence electrons. The lowest BCUT2D eigenvalue weighted by molar-refractivity contribution is -0.324. The Balaban J connectivity index is 3.22. The summed E-state index contributed by atoms with van der Waals surface area (Å²) in [4.78, 5) is 9.79. The van der Waals surface area contributed by atoms with Crippen LogP contribution in [-0.4, -0.2) is 24.0 Å². The number of hydrogen-bond donors (Lipinski definition) is 1. The van der Waals surface area contributed by atoms with Crippen molar-refractivity contribution in [1.82, 2.24) is 0 Å². The van der Waals surface area contributed by atoms with E-state index in [2.05, 4.69) is 4.74 Å². The number of halogens is 3. The predicted molar refractivity (Wildman–Crippen MR) is 28.9 cm³/mol. The Kier molecular flexibility index (Phi) is 3.88. The highest BCUT2D eigenvalue weighted by atomic mass is 19.4. The molecule has 0 amide bonds. The molecule has 6 heteroatoms. The fourth-order valence-corrected chi connectivity index (χ4v) is 0.411. The quantitative estimate of drug-likeness (QED) is 0.651. The van der Waals surface area contributed by atoms with Gasteiger partial charge in [-0.1, -0.05) is 0 Å². The van der Waals surface area contributed by atoms with Crippen molar-refractivity contribution in [3.63, 3.8) is 0 Å². The Labute approximate surface area is 60.8 Å². The van der Waals surface area contributed by atoms with Crippen molar-refractivity contribution in [3.8, 4) is 0 Å². The lowest BCUT2D eigenvalue weighted by atomic mass is 10.3. The highest BCUT2D eigenvalue weighted by Crippen LogP contribution is 2.16. The fraction of sp³-hybridized carbons (Fsp3) is 0.800. The zero-order valence-corrected chi connectivity index (χ0v) is 5.52. The Hall–Kier alpha value is -0.780. The van der Waals surface area contributed by atoms with Crippen LogP contribution in [0.5, 0.6) is 0 Å². The molecule has 0 atom stereocenters. The first-order chi connectivity index (χ1) is 4.92. The first kappa shape index (κ1) is 10.2. The molecule has 0 aromatic rings. The van der Waals surface area contributed by atoms with Crippen molar-refractivity contribution in [2.45, 2.75) is 19.2 Å². The molecule has 0 aromatic heterocycles. The number of aliphatic carboxylic acids is 1. The molecule has 0 heterocycles. The van der Waals surface area contributed by atoms with Crippen LogP contribution in [0.25, 0.3) is 0 Å². The van der Waals surface area contributed by atoms with E-state index in [4.69, 9.17) is 5.11 Å². The summed E-state index contributed by atoms with van der Waals surface area (Å²) in [7, 11) is 0. The van der Waals surface area contributed by atoms with Gasteiger partial charge in [0.2, 0.25) is 0 Å². The van der Waals surface area contributed by atoms with Gasteiger partial charge in [0.25, 0.3) is 0 Å². The van der Waals surface area contributed by atoms with Crippen molar-refractivity contribution in [3.05, 3.63) is 0 Å². The topological polar surface area (TPSA) is 46.5 Å². The fourth-order valence-electron chi connectivity index (χ4n) is 0.411. The minimum absolute atomic E-state index is 0.130. The van der Waals surface area contributed by atoms with Gasteiger partial charge in [0.1, 0.15) is 0 Å². The number of hydrogen-bond acceptors (Lipinski definition) is 2. The molecule has 1 N–H and O–H groups in total. The van der Waals surface area contributed by atoms with Gasteiger partial charge in [0.05, 0.1) is 6.61 Å². The summed E-state index contributed by atoms with van der Waals surface area (Å²) in [6.07, 6.45) is -5.09. The molecule has 0 saturated heterocycles. The standard InChI is InChI=1S/C5H7F3O3/c6-5(7,8)11-3-1-2-4(9)10/h1-3H2,(H,9,10). The molecular formula is C5H7F3O3. The first-order valence-corrected chi connectivity index (χ1v) is 2.84. The zero-order valence-electron chi connectivity index (χ0n) is 5.52. The normalized spacial score (nSPS) is 11.5. The van der Waals surface area contributed by atoms with Crippen molar-refractivity contribution in [1.29, 1.82) is 0 Å². The number of ether oxygens (including phenoxy) is 1. The molecule has 0 aliphatic heterocycles. The van der Waals surface area contributed by atoms with Crippen molar-refractivity contribution >= 4 is 5.97 Å². The molecule has 0 bridgehead atoms. The minimum atomic E-state index is -4.65. The van der Waals surface area contributed by atoms with Crippen molar-refractivity contribution in [2.24, 2.45) is 0 Å². The molecule has 0 aromatic carbocycles. The summed E-state index contributed by atoms with van der Waals surface area (Å²) in [5.41, 5.74) is 0. The van der Waals surface area contributed by atoms with Gasteiger partial charge in [-0.05, 0) is 6.42 Å². The number of carbonyl (C=O) groups is 1. The molecule has 0 fully saturated rings. The van der Waals surface area contributed by atoms with E-state index >= 15 is 0 Å². The third-order valence-electron chi connectivity index (χ3n) is 0.801. The van der Waals surface area contributed by atoms with Crippen molar-refractivity contribution in [2.75, 3.05) is 6.61 Å². The number of carboxylic acid groups (broad SMARTS) is 1. The second-order valence-corrected chi connectivity index (χ2v) is 1.79. The third kappa shape index (κ3) is 9.22. The van der Waals surface area contributed by atoms with Gasteiger partial charge in [0, 0.05) is 6.42 Å². The SMILES string of the molecule is O=C(O)CCCOC(F)(F)F. The molecule has 0 saturated carbocycles. The zero-order chi connectivity index (χ0) is 8.91. The Bertz CT molecular complexity index is 131. The smallest absolute Gasteiger partial charge is 0.481 e. The molecule has 0 spiro atoms. The number of alkyl halides is 3. The third-order valence-corrected chi connectivity index (χ3v) is 0.801.